The Morgan fingerprint density at radius 2 is 1.79 bits per heavy atom. The molecule has 0 aliphatic rings. The number of alkyl halides is 3. The molecule has 0 fully saturated rings. The third-order valence-corrected chi connectivity index (χ3v) is 4.06. The number of aromatic nitrogens is 4. The van der Waals surface area contributed by atoms with Gasteiger partial charge in [0.25, 0.3) is 0 Å². The molecule has 4 aromatic rings. The predicted molar refractivity (Wildman–Crippen MR) is 96.9 cm³/mol. The number of hydrogen-bond donors (Lipinski definition) is 1. The van der Waals surface area contributed by atoms with Gasteiger partial charge in [0.15, 0.2) is 5.65 Å². The molecule has 0 unspecified atom stereocenters. The zero-order valence-corrected chi connectivity index (χ0v) is 14.6. The van der Waals surface area contributed by atoms with Crippen LogP contribution in [0.1, 0.15) is 11.1 Å². The van der Waals surface area contributed by atoms with E-state index in [0.29, 0.717) is 22.7 Å². The highest BCUT2D eigenvalue weighted by molar-refractivity contribution is 5.65. The third kappa shape index (κ3) is 3.53. The van der Waals surface area contributed by atoms with Gasteiger partial charge in [-0.15, -0.1) is 5.10 Å². The molecule has 0 saturated carbocycles. The van der Waals surface area contributed by atoms with Crippen molar-refractivity contribution in [1.82, 2.24) is 19.6 Å². The van der Waals surface area contributed by atoms with Crippen LogP contribution in [0.15, 0.2) is 54.9 Å². The van der Waals surface area contributed by atoms with Crippen molar-refractivity contribution in [3.8, 4) is 29.0 Å². The number of pyridine rings is 1. The molecule has 2 N–H and O–H groups in total. The number of nitrogens with zero attached hydrogens (tertiary/aromatic N) is 5. The van der Waals surface area contributed by atoms with Crippen molar-refractivity contribution >= 4 is 11.5 Å². The Morgan fingerprint density at radius 1 is 1.03 bits per heavy atom. The summed E-state index contributed by atoms with van der Waals surface area (Å²) in [7, 11) is 0. The van der Waals surface area contributed by atoms with Crippen molar-refractivity contribution in [3.05, 3.63) is 66.0 Å². The van der Waals surface area contributed by atoms with Crippen molar-refractivity contribution in [2.75, 3.05) is 5.73 Å². The molecule has 1 aromatic carbocycles. The highest BCUT2D eigenvalue weighted by atomic mass is 19.4. The Balaban J connectivity index is 1.73. The number of rotatable bonds is 3. The molecule has 0 atom stereocenters. The molecular weight excluding hydrogens is 385 g/mol. The molecule has 0 aliphatic carbocycles. The van der Waals surface area contributed by atoms with E-state index in [1.807, 2.05) is 6.07 Å². The van der Waals surface area contributed by atoms with Crippen LogP contribution in [0.5, 0.6) is 11.6 Å². The number of ether oxygens (including phenoxy) is 1. The lowest BCUT2D eigenvalue weighted by molar-refractivity contribution is -0.137. The van der Waals surface area contributed by atoms with E-state index in [4.69, 9.17) is 15.7 Å². The number of fused-ring (bicyclic) bond motifs is 1. The Kier molecular flexibility index (Phi) is 4.27. The minimum absolute atomic E-state index is 0.155. The highest BCUT2D eigenvalue weighted by Gasteiger charge is 2.34. The SMILES string of the molecule is N#Cc1ccc(Oc2ccc3ncc(-c4cnc(N)c(C(F)(F)F)c4)n3n2)cc1. The first-order chi connectivity index (χ1) is 13.8. The van der Waals surface area contributed by atoms with Crippen LogP contribution >= 0.6 is 0 Å². The minimum Gasteiger partial charge on any atom is -0.438 e. The molecule has 29 heavy (non-hydrogen) atoms. The van der Waals surface area contributed by atoms with Gasteiger partial charge in [-0.05, 0) is 36.4 Å². The number of halogens is 3. The van der Waals surface area contributed by atoms with E-state index in [2.05, 4.69) is 15.1 Å². The number of anilines is 1. The summed E-state index contributed by atoms with van der Waals surface area (Å²) >= 11 is 0. The van der Waals surface area contributed by atoms with E-state index < -0.39 is 17.6 Å². The largest absolute Gasteiger partial charge is 0.438 e. The van der Waals surface area contributed by atoms with E-state index in [0.717, 1.165) is 6.07 Å². The van der Waals surface area contributed by atoms with Gasteiger partial charge < -0.3 is 10.5 Å². The van der Waals surface area contributed by atoms with E-state index >= 15 is 0 Å². The zero-order chi connectivity index (χ0) is 20.6. The Bertz CT molecular complexity index is 1240. The van der Waals surface area contributed by atoms with Crippen LogP contribution in [0.4, 0.5) is 19.0 Å². The second-order valence-corrected chi connectivity index (χ2v) is 5.98. The quantitative estimate of drug-likeness (QED) is 0.560. The molecule has 0 radical (unpaired) electrons. The Labute approximate surface area is 161 Å². The molecule has 3 aromatic heterocycles. The second-order valence-electron chi connectivity index (χ2n) is 5.98. The summed E-state index contributed by atoms with van der Waals surface area (Å²) in [5.74, 6) is 0.0415. The molecule has 0 aliphatic heterocycles. The Morgan fingerprint density at radius 3 is 2.48 bits per heavy atom. The maximum Gasteiger partial charge on any atom is 0.419 e. The standard InChI is InChI=1S/C19H11F3N6O/c20-19(21,22)14-7-12(9-26-18(14)24)15-10-25-16-5-6-17(27-28(15)16)29-13-3-1-11(8-23)2-4-13/h1-7,9-10H,(H2,24,26). The average molecular weight is 396 g/mol. The van der Waals surface area contributed by atoms with Crippen LogP contribution in [-0.2, 0) is 6.18 Å². The van der Waals surface area contributed by atoms with Gasteiger partial charge in [-0.3, -0.25) is 0 Å². The van der Waals surface area contributed by atoms with Crippen molar-refractivity contribution in [2.24, 2.45) is 0 Å². The first kappa shape index (κ1) is 18.2. The maximum atomic E-state index is 13.1. The molecule has 10 heteroatoms. The average Bonchev–Trinajstić information content (AvgIpc) is 3.11. The topological polar surface area (TPSA) is 102 Å². The second kappa shape index (κ2) is 6.79. The van der Waals surface area contributed by atoms with Crippen LogP contribution in [0.2, 0.25) is 0 Å². The minimum atomic E-state index is -4.63. The van der Waals surface area contributed by atoms with Crippen LogP contribution in [-0.4, -0.2) is 19.6 Å². The normalized spacial score (nSPS) is 11.4. The van der Waals surface area contributed by atoms with Gasteiger partial charge in [-0.25, -0.2) is 14.5 Å². The van der Waals surface area contributed by atoms with Gasteiger partial charge in [-0.2, -0.15) is 18.4 Å². The van der Waals surface area contributed by atoms with Gasteiger partial charge in [-0.1, -0.05) is 0 Å². The monoisotopic (exact) mass is 396 g/mol. The molecule has 0 saturated heterocycles. The van der Waals surface area contributed by atoms with Crippen LogP contribution < -0.4 is 10.5 Å². The first-order valence-electron chi connectivity index (χ1n) is 8.21. The predicted octanol–water partition coefficient (Wildman–Crippen LogP) is 4.06. The lowest BCUT2D eigenvalue weighted by atomic mass is 10.1. The molecule has 4 rings (SSSR count). The lowest BCUT2D eigenvalue weighted by Gasteiger charge is -2.11. The fraction of sp³-hybridized carbons (Fsp3) is 0.0526. The van der Waals surface area contributed by atoms with Gasteiger partial charge >= 0.3 is 6.18 Å². The lowest BCUT2D eigenvalue weighted by Crippen LogP contribution is -2.10. The van der Waals surface area contributed by atoms with Gasteiger partial charge in [0.05, 0.1) is 29.1 Å². The molecular formula is C19H11F3N6O. The van der Waals surface area contributed by atoms with Crippen molar-refractivity contribution in [2.45, 2.75) is 6.18 Å². The fourth-order valence-corrected chi connectivity index (χ4v) is 2.67. The van der Waals surface area contributed by atoms with Crippen molar-refractivity contribution < 1.29 is 17.9 Å². The summed E-state index contributed by atoms with van der Waals surface area (Å²) in [6.07, 6.45) is -2.02. The fourth-order valence-electron chi connectivity index (χ4n) is 2.67. The summed E-state index contributed by atoms with van der Waals surface area (Å²) < 4.78 is 46.5. The number of nitrogen functional groups attached to an aromatic ring is 1. The number of hydrogen-bond acceptors (Lipinski definition) is 6. The third-order valence-electron chi connectivity index (χ3n) is 4.06. The number of benzene rings is 1. The van der Waals surface area contributed by atoms with E-state index in [1.165, 1.54) is 16.9 Å². The number of nitrogens with two attached hydrogens (primary N) is 1. The Hall–Kier alpha value is -4.13. The zero-order valence-electron chi connectivity index (χ0n) is 14.6. The van der Waals surface area contributed by atoms with Gasteiger partial charge in [0, 0.05) is 17.8 Å². The molecule has 0 bridgehead atoms. The van der Waals surface area contributed by atoms with E-state index in [9.17, 15) is 13.2 Å². The van der Waals surface area contributed by atoms with Crippen molar-refractivity contribution in [1.29, 1.82) is 5.26 Å². The summed E-state index contributed by atoms with van der Waals surface area (Å²) in [5, 5.41) is 13.1. The molecule has 3 heterocycles. The number of nitriles is 1. The summed E-state index contributed by atoms with van der Waals surface area (Å²) in [6, 6.07) is 12.5. The highest BCUT2D eigenvalue weighted by Crippen LogP contribution is 2.35. The summed E-state index contributed by atoms with van der Waals surface area (Å²) in [4.78, 5) is 7.79. The van der Waals surface area contributed by atoms with Gasteiger partial charge in [0.2, 0.25) is 5.88 Å². The first-order valence-corrected chi connectivity index (χ1v) is 8.21. The van der Waals surface area contributed by atoms with Crippen LogP contribution in [0, 0.1) is 11.3 Å². The summed E-state index contributed by atoms with van der Waals surface area (Å²) in [5.41, 5.74) is 5.67. The smallest absolute Gasteiger partial charge is 0.419 e. The maximum absolute atomic E-state index is 13.1. The van der Waals surface area contributed by atoms with Crippen LogP contribution in [0.3, 0.4) is 0 Å². The van der Waals surface area contributed by atoms with E-state index in [1.54, 1.807) is 36.4 Å². The van der Waals surface area contributed by atoms with E-state index in [-0.39, 0.29) is 11.4 Å². The molecule has 144 valence electrons. The summed E-state index contributed by atoms with van der Waals surface area (Å²) in [6.45, 7) is 0. The molecule has 0 amide bonds. The molecule has 0 spiro atoms. The van der Waals surface area contributed by atoms with Crippen molar-refractivity contribution in [3.63, 3.8) is 0 Å². The molecule has 7 nitrogen and oxygen atoms in total. The van der Waals surface area contributed by atoms with Crippen LogP contribution in [0.25, 0.3) is 16.9 Å². The van der Waals surface area contributed by atoms with Gasteiger partial charge in [0.1, 0.15) is 11.6 Å². The number of imidazole rings is 1.